The van der Waals surface area contributed by atoms with Gasteiger partial charge in [-0.15, -0.1) is 0 Å². The molecule has 3 aliphatic heterocycles. The predicted molar refractivity (Wildman–Crippen MR) is 321 cm³/mol. The number of hydrogen-bond acceptors (Lipinski definition) is 10. The molecule has 434 valence electrons. The van der Waals surface area contributed by atoms with Gasteiger partial charge in [-0.3, -0.25) is 14.4 Å². The first-order valence-electron chi connectivity index (χ1n) is 27.3. The number of ether oxygens (including phenoxy) is 2. The predicted octanol–water partition coefficient (Wildman–Crippen LogP) is 13.4. The van der Waals surface area contributed by atoms with Crippen molar-refractivity contribution in [3.05, 3.63) is 248 Å². The first-order chi connectivity index (χ1) is 41.1. The lowest BCUT2D eigenvalue weighted by Gasteiger charge is -2.29. The van der Waals surface area contributed by atoms with Gasteiger partial charge >= 0.3 is 17.9 Å². The van der Waals surface area contributed by atoms with E-state index in [2.05, 4.69) is 9.97 Å². The van der Waals surface area contributed by atoms with Gasteiger partial charge < -0.3 is 39.5 Å². The highest BCUT2D eigenvalue weighted by molar-refractivity contribution is 6.32. The summed E-state index contributed by atoms with van der Waals surface area (Å²) in [4.78, 5) is 88.0. The highest BCUT2D eigenvalue weighted by atomic mass is 35.5. The molecule has 3 aliphatic rings. The molecule has 1 aromatic heterocycles. The molecule has 11 rings (SSSR count). The number of carbonyl (C=O) groups is 6. The van der Waals surface area contributed by atoms with E-state index in [0.717, 1.165) is 27.8 Å². The molecule has 0 saturated carbocycles. The number of halogens is 3. The van der Waals surface area contributed by atoms with Crippen LogP contribution in [0.5, 0.6) is 11.5 Å². The molecule has 6 atom stereocenters. The van der Waals surface area contributed by atoms with E-state index in [9.17, 15) is 44.1 Å². The number of aliphatic carboxylic acids is 3. The molecule has 3 fully saturated rings. The average molecular weight is 1200 g/mol. The second-order valence-corrected chi connectivity index (χ2v) is 21.5. The maximum Gasteiger partial charge on any atom is 0.326 e. The number of amides is 3. The fourth-order valence-corrected chi connectivity index (χ4v) is 11.8. The molecule has 0 spiro atoms. The number of methoxy groups -OCH3 is 1. The molecule has 0 unspecified atom stereocenters. The zero-order chi connectivity index (χ0) is 60.1. The number of likely N-dealkylation sites (tertiary alicyclic amines) is 3. The van der Waals surface area contributed by atoms with Crippen LogP contribution in [0.3, 0.4) is 0 Å². The summed E-state index contributed by atoms with van der Waals surface area (Å²) in [5.74, 6) is -2.56. The Morgan fingerprint density at radius 1 is 0.447 bits per heavy atom. The third-order valence-corrected chi connectivity index (χ3v) is 16.1. The smallest absolute Gasteiger partial charge is 0.326 e. The minimum Gasteiger partial charge on any atom is -0.497 e. The first kappa shape index (κ1) is 60.5. The number of carboxylic acids is 3. The third-order valence-electron chi connectivity index (χ3n) is 15.1. The number of hydrogen-bond donors (Lipinski definition) is 3. The Morgan fingerprint density at radius 3 is 1.21 bits per heavy atom. The van der Waals surface area contributed by atoms with Gasteiger partial charge in [0.25, 0.3) is 17.7 Å². The summed E-state index contributed by atoms with van der Waals surface area (Å²) < 4.78 is 11.0. The summed E-state index contributed by atoms with van der Waals surface area (Å²) in [7, 11) is 1.52. The Bertz CT molecular complexity index is 3690. The van der Waals surface area contributed by atoms with Gasteiger partial charge in [0.15, 0.2) is 5.82 Å². The van der Waals surface area contributed by atoms with Gasteiger partial charge in [-0.1, -0.05) is 162 Å². The molecule has 0 radical (unpaired) electrons. The maximum atomic E-state index is 13.4. The van der Waals surface area contributed by atoms with Crippen molar-refractivity contribution in [1.29, 1.82) is 0 Å². The fraction of sp³-hybridized carbons (Fsp3) is 0.212. The van der Waals surface area contributed by atoms with Crippen LogP contribution in [-0.4, -0.2) is 101 Å². The summed E-state index contributed by atoms with van der Waals surface area (Å²) >= 11 is 19.0. The lowest BCUT2D eigenvalue weighted by molar-refractivity contribution is -0.142. The molecule has 3 amide bonds. The SMILES string of the molecule is COc1cccc(C(=O)N2[C@@H](c3ccccc3Cl)CC[C@H]2C(=O)O)c1.O=C(O)[C@@H]1CC[C@H](c2ccccc2Cl)N1C(=O)c1cccc(OCc2ccccc2)c1.O=C(O)[C@@H]1CC[C@H](c2ccccc2Cl)N1C(=O)c1cnc(-c2ccccc2)nc1. The van der Waals surface area contributed by atoms with Crippen molar-refractivity contribution in [1.82, 2.24) is 24.7 Å². The Morgan fingerprint density at radius 2 is 0.812 bits per heavy atom. The quantitative estimate of drug-likeness (QED) is 0.0924. The summed E-state index contributed by atoms with van der Waals surface area (Å²) in [6, 6.07) is 50.6. The minimum absolute atomic E-state index is 0.245. The number of nitrogens with zero attached hydrogens (tertiary/aromatic N) is 5. The highest BCUT2D eigenvalue weighted by Crippen LogP contribution is 2.43. The minimum atomic E-state index is -1.03. The van der Waals surface area contributed by atoms with E-state index >= 15 is 0 Å². The summed E-state index contributed by atoms with van der Waals surface area (Å²) in [6.07, 6.45) is 5.63. The zero-order valence-corrected chi connectivity index (χ0v) is 48.1. The molecule has 3 N–H and O–H groups in total. The van der Waals surface area contributed by atoms with E-state index in [4.69, 9.17) is 44.3 Å². The van der Waals surface area contributed by atoms with Crippen LogP contribution in [0.1, 0.15) is 110 Å². The summed E-state index contributed by atoms with van der Waals surface area (Å²) in [5, 5.41) is 30.5. The number of benzene rings is 7. The maximum absolute atomic E-state index is 13.4. The van der Waals surface area contributed by atoms with Crippen molar-refractivity contribution in [2.24, 2.45) is 0 Å². The molecule has 19 heteroatoms. The van der Waals surface area contributed by atoms with Crippen LogP contribution in [0.15, 0.2) is 194 Å². The topological polar surface area (TPSA) is 217 Å². The normalized spacial score (nSPS) is 18.7. The molecule has 0 aliphatic carbocycles. The Labute approximate surface area is 505 Å². The standard InChI is InChI=1S/C25H22ClNO4.C22H18ClN3O3.C19H18ClNO4/c26-21-12-5-4-11-20(21)22-13-14-23(25(29)30)27(22)24(28)18-9-6-10-19(15-18)31-16-17-7-2-1-3-8-17;23-17-9-5-4-8-16(17)18-10-11-19(22(28)29)26(18)21(27)15-12-24-20(25-13-15)14-6-2-1-3-7-14;1-25-13-6-4-5-12(11-13)18(22)21-16(9-10-17(21)19(23)24)14-7-2-3-8-15(14)20/h1-12,15,22-23H,13-14,16H2,(H,29,30);1-9,12-13,18-19H,10-11H2,(H,28,29);2-8,11,16-17H,9-10H2,1H3,(H,23,24)/t22-,23+;18-,19+;16-,17+/m111/s1. The van der Waals surface area contributed by atoms with Crippen molar-refractivity contribution in [3.8, 4) is 22.9 Å². The molecule has 0 bridgehead atoms. The average Bonchev–Trinajstić information content (AvgIpc) is 3.83. The van der Waals surface area contributed by atoms with Crippen molar-refractivity contribution >= 4 is 70.4 Å². The van der Waals surface area contributed by atoms with Gasteiger partial charge in [0.1, 0.15) is 36.2 Å². The first-order valence-corrected chi connectivity index (χ1v) is 28.4. The molecular formula is C66H58Cl3N5O11. The van der Waals surface area contributed by atoms with E-state index in [1.54, 1.807) is 72.8 Å². The molecular weight excluding hydrogens is 1150 g/mol. The summed E-state index contributed by atoms with van der Waals surface area (Å²) in [6.45, 7) is 0.377. The molecule has 85 heavy (non-hydrogen) atoms. The van der Waals surface area contributed by atoms with Gasteiger partial charge in [-0.25, -0.2) is 24.4 Å². The van der Waals surface area contributed by atoms with E-state index in [-0.39, 0.29) is 23.4 Å². The van der Waals surface area contributed by atoms with Crippen LogP contribution in [0.4, 0.5) is 0 Å². The van der Waals surface area contributed by atoms with Gasteiger partial charge in [0.05, 0.1) is 30.8 Å². The fourth-order valence-electron chi connectivity index (χ4n) is 11.0. The third kappa shape index (κ3) is 14.1. The number of carbonyl (C=O) groups excluding carboxylic acids is 3. The van der Waals surface area contributed by atoms with Crippen LogP contribution in [-0.2, 0) is 21.0 Å². The van der Waals surface area contributed by atoms with Crippen molar-refractivity contribution in [3.63, 3.8) is 0 Å². The Kier molecular flexibility index (Phi) is 19.9. The van der Waals surface area contributed by atoms with Gasteiger partial charge in [0, 0.05) is 44.2 Å². The largest absolute Gasteiger partial charge is 0.497 e. The van der Waals surface area contributed by atoms with Crippen molar-refractivity contribution in [2.75, 3.05) is 7.11 Å². The van der Waals surface area contributed by atoms with Crippen LogP contribution in [0, 0.1) is 0 Å². The van der Waals surface area contributed by atoms with E-state index in [0.29, 0.717) is 88.7 Å². The van der Waals surface area contributed by atoms with Gasteiger partial charge in [0.2, 0.25) is 0 Å². The highest BCUT2D eigenvalue weighted by Gasteiger charge is 2.45. The van der Waals surface area contributed by atoms with Crippen LogP contribution < -0.4 is 9.47 Å². The molecule has 8 aromatic rings. The lowest BCUT2D eigenvalue weighted by Crippen LogP contribution is -2.42. The molecule has 16 nitrogen and oxygen atoms in total. The van der Waals surface area contributed by atoms with E-state index in [1.165, 1.54) is 34.2 Å². The van der Waals surface area contributed by atoms with E-state index < -0.39 is 54.0 Å². The Hall–Kier alpha value is -9.09. The summed E-state index contributed by atoms with van der Waals surface area (Å²) in [5.41, 5.74) is 5.15. The van der Waals surface area contributed by atoms with Crippen molar-refractivity contribution < 1.29 is 53.6 Å². The molecule has 7 aromatic carbocycles. The van der Waals surface area contributed by atoms with Crippen LogP contribution in [0.25, 0.3) is 11.4 Å². The van der Waals surface area contributed by atoms with Gasteiger partial charge in [-0.05, 0) is 115 Å². The van der Waals surface area contributed by atoms with Crippen molar-refractivity contribution in [2.45, 2.75) is 81.4 Å². The zero-order valence-electron chi connectivity index (χ0n) is 45.9. The van der Waals surface area contributed by atoms with E-state index in [1.807, 2.05) is 109 Å². The molecule has 3 saturated heterocycles. The van der Waals surface area contributed by atoms with Crippen LogP contribution in [0.2, 0.25) is 15.1 Å². The van der Waals surface area contributed by atoms with Gasteiger partial charge in [-0.2, -0.15) is 0 Å². The monoisotopic (exact) mass is 1200 g/mol. The molecule has 4 heterocycles. The van der Waals surface area contributed by atoms with Crippen LogP contribution >= 0.6 is 34.8 Å². The Balaban J connectivity index is 0.000000154. The number of aromatic nitrogens is 2. The number of rotatable bonds is 14. The second kappa shape index (κ2) is 28.0. The second-order valence-electron chi connectivity index (χ2n) is 20.2. The lowest BCUT2D eigenvalue weighted by atomic mass is 10.0. The number of carboxylic acid groups (broad SMARTS) is 3.